The van der Waals surface area contributed by atoms with Gasteiger partial charge in [-0.15, -0.1) is 0 Å². The van der Waals surface area contributed by atoms with Crippen molar-refractivity contribution in [2.24, 2.45) is 0 Å². The van der Waals surface area contributed by atoms with Crippen LogP contribution in [0.3, 0.4) is 0 Å². The summed E-state index contributed by atoms with van der Waals surface area (Å²) in [7, 11) is 0. The molecule has 0 fully saturated rings. The molecule has 0 aliphatic carbocycles. The Morgan fingerprint density at radius 2 is 1.55 bits per heavy atom. The van der Waals surface area contributed by atoms with Crippen LogP contribution in [0, 0.1) is 0 Å². The Hall–Kier alpha value is -2.06. The molecule has 0 saturated heterocycles. The Morgan fingerprint density at radius 1 is 0.900 bits per heavy atom. The van der Waals surface area contributed by atoms with E-state index in [1.807, 2.05) is 36.4 Å². The minimum atomic E-state index is -0.653. The Kier molecular flexibility index (Phi) is 3.33. The lowest BCUT2D eigenvalue weighted by molar-refractivity contribution is 0.220. The first-order valence-corrected chi connectivity index (χ1v) is 6.91. The van der Waals surface area contributed by atoms with Gasteiger partial charge in [0, 0.05) is 10.9 Å². The normalized spacial score (nSPS) is 13.0. The number of fused-ring (bicyclic) bond motifs is 1. The SMILES string of the molecule is CC(C)c1ccc(C(O)c2coc3ccccc23)cc1. The topological polar surface area (TPSA) is 33.4 Å². The standard InChI is InChI=1S/C18H18O2/c1-12(2)13-7-9-14(10-8-13)18(19)16-11-20-17-6-4-3-5-15(16)17/h3-12,18-19H,1-2H3. The average molecular weight is 266 g/mol. The van der Waals surface area contributed by atoms with E-state index in [1.54, 1.807) is 6.26 Å². The largest absolute Gasteiger partial charge is 0.464 e. The molecule has 0 aliphatic rings. The third-order valence-corrected chi connectivity index (χ3v) is 3.72. The van der Waals surface area contributed by atoms with Crippen LogP contribution in [-0.4, -0.2) is 5.11 Å². The number of aliphatic hydroxyl groups is 1. The Labute approximate surface area is 118 Å². The van der Waals surface area contributed by atoms with Gasteiger partial charge >= 0.3 is 0 Å². The molecule has 1 unspecified atom stereocenters. The third-order valence-electron chi connectivity index (χ3n) is 3.72. The second-order valence-corrected chi connectivity index (χ2v) is 5.41. The van der Waals surface area contributed by atoms with Crippen LogP contribution in [0.5, 0.6) is 0 Å². The molecule has 1 atom stereocenters. The first-order valence-electron chi connectivity index (χ1n) is 6.91. The summed E-state index contributed by atoms with van der Waals surface area (Å²) in [5.74, 6) is 0.496. The van der Waals surface area contributed by atoms with E-state index in [2.05, 4.69) is 26.0 Å². The fourth-order valence-electron chi connectivity index (χ4n) is 2.45. The van der Waals surface area contributed by atoms with Gasteiger partial charge in [-0.25, -0.2) is 0 Å². The maximum absolute atomic E-state index is 10.5. The smallest absolute Gasteiger partial charge is 0.134 e. The summed E-state index contributed by atoms with van der Waals surface area (Å²) >= 11 is 0. The highest BCUT2D eigenvalue weighted by atomic mass is 16.3. The Morgan fingerprint density at radius 3 is 2.25 bits per heavy atom. The molecule has 0 saturated carbocycles. The van der Waals surface area contributed by atoms with Crippen LogP contribution in [-0.2, 0) is 0 Å². The van der Waals surface area contributed by atoms with Crippen molar-refractivity contribution in [1.29, 1.82) is 0 Å². The molecule has 3 rings (SSSR count). The van der Waals surface area contributed by atoms with Crippen molar-refractivity contribution in [1.82, 2.24) is 0 Å². The van der Waals surface area contributed by atoms with E-state index in [-0.39, 0.29) is 0 Å². The quantitative estimate of drug-likeness (QED) is 0.749. The van der Waals surface area contributed by atoms with Crippen molar-refractivity contribution < 1.29 is 9.52 Å². The zero-order valence-electron chi connectivity index (χ0n) is 11.7. The van der Waals surface area contributed by atoms with Gasteiger partial charge < -0.3 is 9.52 Å². The van der Waals surface area contributed by atoms with Crippen LogP contribution in [0.4, 0.5) is 0 Å². The van der Waals surface area contributed by atoms with Crippen molar-refractivity contribution in [3.63, 3.8) is 0 Å². The first-order chi connectivity index (χ1) is 9.66. The molecule has 0 aliphatic heterocycles. The summed E-state index contributed by atoms with van der Waals surface area (Å²) in [6.45, 7) is 4.32. The predicted octanol–water partition coefficient (Wildman–Crippen LogP) is 4.64. The number of para-hydroxylation sites is 1. The first kappa shape index (κ1) is 12.9. The van der Waals surface area contributed by atoms with Gasteiger partial charge in [-0.2, -0.15) is 0 Å². The van der Waals surface area contributed by atoms with Crippen molar-refractivity contribution in [2.75, 3.05) is 0 Å². The molecule has 2 nitrogen and oxygen atoms in total. The molecule has 0 amide bonds. The van der Waals surface area contributed by atoms with Gasteiger partial charge in [-0.3, -0.25) is 0 Å². The lowest BCUT2D eigenvalue weighted by Crippen LogP contribution is -1.99. The lowest BCUT2D eigenvalue weighted by atomic mass is 9.97. The minimum absolute atomic E-state index is 0.496. The van der Waals surface area contributed by atoms with Gasteiger partial charge in [0.2, 0.25) is 0 Å². The van der Waals surface area contributed by atoms with Crippen LogP contribution in [0.1, 0.15) is 42.6 Å². The van der Waals surface area contributed by atoms with Crippen molar-refractivity contribution in [3.05, 3.63) is 71.5 Å². The highest BCUT2D eigenvalue weighted by Gasteiger charge is 2.16. The highest BCUT2D eigenvalue weighted by Crippen LogP contribution is 2.31. The minimum Gasteiger partial charge on any atom is -0.464 e. The summed E-state index contributed by atoms with van der Waals surface area (Å²) < 4.78 is 5.49. The maximum Gasteiger partial charge on any atom is 0.134 e. The van der Waals surface area contributed by atoms with Crippen LogP contribution in [0.25, 0.3) is 11.0 Å². The van der Waals surface area contributed by atoms with E-state index in [1.165, 1.54) is 5.56 Å². The number of hydrogen-bond donors (Lipinski definition) is 1. The molecule has 1 N–H and O–H groups in total. The number of aliphatic hydroxyl groups excluding tert-OH is 1. The maximum atomic E-state index is 10.5. The molecular formula is C18H18O2. The van der Waals surface area contributed by atoms with Gasteiger partial charge in [-0.05, 0) is 23.1 Å². The molecule has 20 heavy (non-hydrogen) atoms. The Bertz CT molecular complexity index is 708. The lowest BCUT2D eigenvalue weighted by Gasteiger charge is -2.11. The third kappa shape index (κ3) is 2.23. The molecule has 102 valence electrons. The highest BCUT2D eigenvalue weighted by molar-refractivity contribution is 5.81. The fraction of sp³-hybridized carbons (Fsp3) is 0.222. The summed E-state index contributed by atoms with van der Waals surface area (Å²) in [5, 5.41) is 11.5. The van der Waals surface area contributed by atoms with E-state index in [9.17, 15) is 5.11 Å². The molecule has 3 aromatic rings. The van der Waals surface area contributed by atoms with E-state index < -0.39 is 6.10 Å². The van der Waals surface area contributed by atoms with Crippen LogP contribution in [0.2, 0.25) is 0 Å². The average Bonchev–Trinajstić information content (AvgIpc) is 2.90. The zero-order valence-corrected chi connectivity index (χ0v) is 11.7. The zero-order chi connectivity index (χ0) is 14.1. The number of benzene rings is 2. The van der Waals surface area contributed by atoms with E-state index in [4.69, 9.17) is 4.42 Å². The molecule has 2 heteroatoms. The molecule has 0 bridgehead atoms. The summed E-state index contributed by atoms with van der Waals surface area (Å²) in [6.07, 6.45) is 0.992. The van der Waals surface area contributed by atoms with Gasteiger partial charge in [0.25, 0.3) is 0 Å². The number of furan rings is 1. The molecule has 1 heterocycles. The predicted molar refractivity (Wildman–Crippen MR) is 80.8 cm³/mol. The molecule has 0 spiro atoms. The van der Waals surface area contributed by atoms with Crippen molar-refractivity contribution in [3.8, 4) is 0 Å². The van der Waals surface area contributed by atoms with Crippen molar-refractivity contribution >= 4 is 11.0 Å². The number of hydrogen-bond acceptors (Lipinski definition) is 2. The van der Waals surface area contributed by atoms with Crippen molar-refractivity contribution in [2.45, 2.75) is 25.9 Å². The van der Waals surface area contributed by atoms with Gasteiger partial charge in [0.15, 0.2) is 0 Å². The molecular weight excluding hydrogens is 248 g/mol. The van der Waals surface area contributed by atoms with Crippen LogP contribution < -0.4 is 0 Å². The van der Waals surface area contributed by atoms with E-state index in [0.29, 0.717) is 5.92 Å². The van der Waals surface area contributed by atoms with Gasteiger partial charge in [0.05, 0.1) is 6.26 Å². The second-order valence-electron chi connectivity index (χ2n) is 5.41. The molecule has 1 aromatic heterocycles. The molecule has 2 aromatic carbocycles. The second kappa shape index (κ2) is 5.14. The van der Waals surface area contributed by atoms with Crippen LogP contribution >= 0.6 is 0 Å². The Balaban J connectivity index is 1.97. The van der Waals surface area contributed by atoms with Gasteiger partial charge in [-0.1, -0.05) is 56.3 Å². The van der Waals surface area contributed by atoms with Crippen LogP contribution in [0.15, 0.2) is 59.2 Å². The summed E-state index contributed by atoms with van der Waals surface area (Å²) in [5.41, 5.74) is 3.79. The fourth-order valence-corrected chi connectivity index (χ4v) is 2.45. The summed E-state index contributed by atoms with van der Waals surface area (Å²) in [4.78, 5) is 0. The monoisotopic (exact) mass is 266 g/mol. The van der Waals surface area contributed by atoms with Gasteiger partial charge in [0.1, 0.15) is 11.7 Å². The van der Waals surface area contributed by atoms with E-state index >= 15 is 0 Å². The molecule has 0 radical (unpaired) electrons. The number of rotatable bonds is 3. The van der Waals surface area contributed by atoms with E-state index in [0.717, 1.165) is 22.1 Å². The summed E-state index contributed by atoms with van der Waals surface area (Å²) in [6, 6.07) is 15.9.